The number of aryl methyl sites for hydroxylation is 1. The Balaban J connectivity index is 2.81. The molecule has 1 aromatic heterocycles. The summed E-state index contributed by atoms with van der Waals surface area (Å²) in [7, 11) is 0. The topological polar surface area (TPSA) is 30.7 Å². The molecule has 3 nitrogen and oxygen atoms in total. The summed E-state index contributed by atoms with van der Waals surface area (Å²) < 4.78 is 2.89. The predicted molar refractivity (Wildman–Crippen MR) is 56.7 cm³/mol. The van der Waals surface area contributed by atoms with Gasteiger partial charge in [0, 0.05) is 6.54 Å². The van der Waals surface area contributed by atoms with E-state index >= 15 is 0 Å². The second-order valence-corrected chi connectivity index (χ2v) is 4.25. The van der Waals surface area contributed by atoms with Crippen molar-refractivity contribution in [3.8, 4) is 0 Å². The standard InChI is InChI=1S/C9H16BrN3/c1-4-5-6-13-8(7(2)3)9(10)11-12-13/h7H,4-6H2,1-3H3. The normalized spacial score (nSPS) is 11.2. The molecule has 1 rings (SSSR count). The summed E-state index contributed by atoms with van der Waals surface area (Å²) in [5.41, 5.74) is 1.20. The van der Waals surface area contributed by atoms with E-state index in [4.69, 9.17) is 0 Å². The number of halogens is 1. The van der Waals surface area contributed by atoms with E-state index < -0.39 is 0 Å². The Morgan fingerprint density at radius 1 is 1.46 bits per heavy atom. The van der Waals surface area contributed by atoms with Crippen LogP contribution in [0.3, 0.4) is 0 Å². The molecule has 0 N–H and O–H groups in total. The Hall–Kier alpha value is -0.380. The second kappa shape index (κ2) is 4.74. The zero-order valence-electron chi connectivity index (χ0n) is 8.42. The molecule has 4 heteroatoms. The smallest absolute Gasteiger partial charge is 0.151 e. The van der Waals surface area contributed by atoms with E-state index in [9.17, 15) is 0 Å². The highest BCUT2D eigenvalue weighted by molar-refractivity contribution is 9.10. The summed E-state index contributed by atoms with van der Waals surface area (Å²) in [6, 6.07) is 0. The average Bonchev–Trinajstić information content (AvgIpc) is 2.43. The molecule has 1 aromatic rings. The molecule has 0 amide bonds. The van der Waals surface area contributed by atoms with Crippen molar-refractivity contribution in [3.05, 3.63) is 10.3 Å². The van der Waals surface area contributed by atoms with Gasteiger partial charge in [-0.3, -0.25) is 0 Å². The summed E-state index contributed by atoms with van der Waals surface area (Å²) >= 11 is 3.42. The Kier molecular flexibility index (Phi) is 3.90. The van der Waals surface area contributed by atoms with Crippen LogP contribution < -0.4 is 0 Å². The first kappa shape index (κ1) is 10.7. The number of aromatic nitrogens is 3. The van der Waals surface area contributed by atoms with Crippen LogP contribution in [0, 0.1) is 0 Å². The molecule has 0 bridgehead atoms. The van der Waals surface area contributed by atoms with Gasteiger partial charge in [0.15, 0.2) is 4.60 Å². The summed E-state index contributed by atoms with van der Waals surface area (Å²) in [5, 5.41) is 8.11. The van der Waals surface area contributed by atoms with Crippen LogP contribution in [-0.4, -0.2) is 15.0 Å². The van der Waals surface area contributed by atoms with Gasteiger partial charge in [0.1, 0.15) is 0 Å². The lowest BCUT2D eigenvalue weighted by molar-refractivity contribution is 0.522. The highest BCUT2D eigenvalue weighted by Crippen LogP contribution is 2.22. The molecule has 0 unspecified atom stereocenters. The van der Waals surface area contributed by atoms with Gasteiger partial charge in [-0.05, 0) is 28.3 Å². The van der Waals surface area contributed by atoms with Gasteiger partial charge in [0.2, 0.25) is 0 Å². The fraction of sp³-hybridized carbons (Fsp3) is 0.778. The quantitative estimate of drug-likeness (QED) is 0.817. The lowest BCUT2D eigenvalue weighted by Crippen LogP contribution is -2.06. The fourth-order valence-corrected chi connectivity index (χ4v) is 2.04. The van der Waals surface area contributed by atoms with Gasteiger partial charge in [0.05, 0.1) is 5.69 Å². The number of nitrogens with zero attached hydrogens (tertiary/aromatic N) is 3. The minimum Gasteiger partial charge on any atom is -0.248 e. The highest BCUT2D eigenvalue weighted by Gasteiger charge is 2.12. The molecule has 74 valence electrons. The van der Waals surface area contributed by atoms with Crippen molar-refractivity contribution < 1.29 is 0 Å². The first-order valence-corrected chi connectivity index (χ1v) is 5.55. The highest BCUT2D eigenvalue weighted by atomic mass is 79.9. The van der Waals surface area contributed by atoms with Crippen LogP contribution in [0.25, 0.3) is 0 Å². The molecule has 0 spiro atoms. The summed E-state index contributed by atoms with van der Waals surface area (Å²) in [4.78, 5) is 0. The lowest BCUT2D eigenvalue weighted by atomic mass is 10.1. The minimum absolute atomic E-state index is 0.473. The van der Waals surface area contributed by atoms with Crippen LogP contribution >= 0.6 is 15.9 Å². The fourth-order valence-electron chi connectivity index (χ4n) is 1.31. The predicted octanol–water partition coefficient (Wildman–Crippen LogP) is 2.96. The van der Waals surface area contributed by atoms with E-state index in [1.165, 1.54) is 12.1 Å². The lowest BCUT2D eigenvalue weighted by Gasteiger charge is -2.08. The van der Waals surface area contributed by atoms with Crippen molar-refractivity contribution in [2.24, 2.45) is 0 Å². The first-order valence-electron chi connectivity index (χ1n) is 4.75. The Morgan fingerprint density at radius 2 is 2.15 bits per heavy atom. The van der Waals surface area contributed by atoms with Crippen molar-refractivity contribution in [1.29, 1.82) is 0 Å². The van der Waals surface area contributed by atoms with E-state index in [2.05, 4.69) is 47.0 Å². The van der Waals surface area contributed by atoms with Crippen LogP contribution in [0.4, 0.5) is 0 Å². The third kappa shape index (κ3) is 2.53. The zero-order valence-corrected chi connectivity index (χ0v) is 10.0. The third-order valence-electron chi connectivity index (χ3n) is 2.00. The monoisotopic (exact) mass is 245 g/mol. The summed E-state index contributed by atoms with van der Waals surface area (Å²) in [6.45, 7) is 7.47. The first-order chi connectivity index (χ1) is 6.16. The second-order valence-electron chi connectivity index (χ2n) is 3.50. The molecule has 0 atom stereocenters. The number of unbranched alkanes of at least 4 members (excludes halogenated alkanes) is 1. The summed E-state index contributed by atoms with van der Waals surface area (Å²) in [5.74, 6) is 0.473. The SMILES string of the molecule is CCCCn1nnc(Br)c1C(C)C. The van der Waals surface area contributed by atoms with Gasteiger partial charge in [-0.15, -0.1) is 5.10 Å². The van der Waals surface area contributed by atoms with Gasteiger partial charge in [-0.25, -0.2) is 4.68 Å². The maximum atomic E-state index is 4.09. The van der Waals surface area contributed by atoms with Gasteiger partial charge in [-0.2, -0.15) is 0 Å². The molecule has 0 fully saturated rings. The van der Waals surface area contributed by atoms with Crippen molar-refractivity contribution in [1.82, 2.24) is 15.0 Å². The van der Waals surface area contributed by atoms with Crippen LogP contribution in [0.15, 0.2) is 4.60 Å². The molecule has 0 aliphatic rings. The van der Waals surface area contributed by atoms with Crippen LogP contribution in [0.5, 0.6) is 0 Å². The number of hydrogen-bond acceptors (Lipinski definition) is 2. The van der Waals surface area contributed by atoms with Gasteiger partial charge >= 0.3 is 0 Å². The molecule has 0 radical (unpaired) electrons. The van der Waals surface area contributed by atoms with E-state index in [0.717, 1.165) is 17.6 Å². The minimum atomic E-state index is 0.473. The molecule has 1 heterocycles. The van der Waals surface area contributed by atoms with Crippen molar-refractivity contribution in [2.75, 3.05) is 0 Å². The molecule has 0 aliphatic heterocycles. The molecular weight excluding hydrogens is 230 g/mol. The number of hydrogen-bond donors (Lipinski definition) is 0. The van der Waals surface area contributed by atoms with Gasteiger partial charge in [-0.1, -0.05) is 32.4 Å². The molecular formula is C9H16BrN3. The van der Waals surface area contributed by atoms with Crippen LogP contribution in [0.1, 0.15) is 45.2 Å². The Labute approximate surface area is 87.6 Å². The third-order valence-corrected chi connectivity index (χ3v) is 2.57. The Morgan fingerprint density at radius 3 is 2.69 bits per heavy atom. The van der Waals surface area contributed by atoms with E-state index in [0.29, 0.717) is 5.92 Å². The van der Waals surface area contributed by atoms with Crippen LogP contribution in [-0.2, 0) is 6.54 Å². The van der Waals surface area contributed by atoms with Crippen molar-refractivity contribution in [2.45, 2.75) is 46.1 Å². The van der Waals surface area contributed by atoms with E-state index in [1.807, 2.05) is 4.68 Å². The molecule has 0 aliphatic carbocycles. The zero-order chi connectivity index (χ0) is 9.84. The van der Waals surface area contributed by atoms with E-state index in [1.54, 1.807) is 0 Å². The van der Waals surface area contributed by atoms with Crippen molar-refractivity contribution in [3.63, 3.8) is 0 Å². The van der Waals surface area contributed by atoms with Gasteiger partial charge in [0.25, 0.3) is 0 Å². The van der Waals surface area contributed by atoms with Gasteiger partial charge < -0.3 is 0 Å². The molecule has 0 saturated carbocycles. The number of rotatable bonds is 4. The maximum absolute atomic E-state index is 4.09. The molecule has 0 saturated heterocycles. The van der Waals surface area contributed by atoms with E-state index in [-0.39, 0.29) is 0 Å². The maximum Gasteiger partial charge on any atom is 0.151 e. The molecule has 0 aromatic carbocycles. The van der Waals surface area contributed by atoms with Crippen molar-refractivity contribution >= 4 is 15.9 Å². The average molecular weight is 246 g/mol. The summed E-state index contributed by atoms with van der Waals surface area (Å²) in [6.07, 6.45) is 2.35. The Bertz CT molecular complexity index is 268. The van der Waals surface area contributed by atoms with Crippen LogP contribution in [0.2, 0.25) is 0 Å². The largest absolute Gasteiger partial charge is 0.248 e. The molecule has 13 heavy (non-hydrogen) atoms.